The van der Waals surface area contributed by atoms with Gasteiger partial charge in [-0.05, 0) is 23.4 Å². The van der Waals surface area contributed by atoms with Gasteiger partial charge in [-0.3, -0.25) is 4.79 Å². The number of nitrogens with zero attached hydrogens (tertiary/aromatic N) is 2. The quantitative estimate of drug-likeness (QED) is 0.832. The van der Waals surface area contributed by atoms with Crippen molar-refractivity contribution in [2.75, 3.05) is 46.4 Å². The van der Waals surface area contributed by atoms with Gasteiger partial charge in [-0.2, -0.15) is 17.0 Å². The number of fused-ring (bicyclic) bond motifs is 1. The van der Waals surface area contributed by atoms with Crippen LogP contribution < -0.4 is 5.32 Å². The van der Waals surface area contributed by atoms with Gasteiger partial charge in [0.2, 0.25) is 0 Å². The third-order valence-electron chi connectivity index (χ3n) is 5.25. The smallest absolute Gasteiger partial charge is 0.282 e. The first kappa shape index (κ1) is 18.8. The van der Waals surface area contributed by atoms with Gasteiger partial charge in [-0.25, -0.2) is 0 Å². The zero-order chi connectivity index (χ0) is 19.0. The van der Waals surface area contributed by atoms with E-state index >= 15 is 0 Å². The number of hydrogen-bond acceptors (Lipinski definition) is 5. The van der Waals surface area contributed by atoms with Crippen molar-refractivity contribution in [2.24, 2.45) is 0 Å². The van der Waals surface area contributed by atoms with Gasteiger partial charge >= 0.3 is 0 Å². The van der Waals surface area contributed by atoms with E-state index in [0.29, 0.717) is 50.7 Å². The molecule has 0 aliphatic carbocycles. The molecule has 2 aliphatic rings. The second-order valence-corrected chi connectivity index (χ2v) is 9.76. The summed E-state index contributed by atoms with van der Waals surface area (Å²) < 4.78 is 35.3. The second-order valence-electron chi connectivity index (χ2n) is 6.78. The summed E-state index contributed by atoms with van der Waals surface area (Å²) in [7, 11) is -1.86. The Labute approximate surface area is 163 Å². The summed E-state index contributed by atoms with van der Waals surface area (Å²) >= 11 is 1.47. The van der Waals surface area contributed by atoms with Crippen molar-refractivity contribution in [3.63, 3.8) is 0 Å². The Bertz CT molecular complexity index is 951. The Morgan fingerprint density at radius 2 is 1.93 bits per heavy atom. The molecule has 3 heterocycles. The summed E-state index contributed by atoms with van der Waals surface area (Å²) in [6.45, 7) is 2.55. The molecule has 1 amide bonds. The maximum Gasteiger partial charge on any atom is 0.282 e. The molecule has 1 atom stereocenters. The Morgan fingerprint density at radius 1 is 1.19 bits per heavy atom. The van der Waals surface area contributed by atoms with Crippen LogP contribution in [0.2, 0.25) is 0 Å². The van der Waals surface area contributed by atoms with E-state index in [0.717, 1.165) is 15.6 Å². The minimum Gasteiger partial charge on any atom is -0.379 e. The molecular formula is C18H23N3O4S2. The van der Waals surface area contributed by atoms with Gasteiger partial charge in [0.1, 0.15) is 0 Å². The third kappa shape index (κ3) is 3.38. The fraction of sp³-hybridized carbons (Fsp3) is 0.500. The highest BCUT2D eigenvalue weighted by Gasteiger charge is 2.38. The normalized spacial score (nSPS) is 22.3. The van der Waals surface area contributed by atoms with Gasteiger partial charge in [0.25, 0.3) is 16.1 Å². The van der Waals surface area contributed by atoms with Gasteiger partial charge in [0.05, 0.1) is 18.1 Å². The van der Waals surface area contributed by atoms with Crippen LogP contribution in [0.5, 0.6) is 0 Å². The maximum absolute atomic E-state index is 13.0. The predicted molar refractivity (Wildman–Crippen MR) is 105 cm³/mol. The summed E-state index contributed by atoms with van der Waals surface area (Å²) in [5.41, 5.74) is 0.981. The Morgan fingerprint density at radius 3 is 2.67 bits per heavy atom. The van der Waals surface area contributed by atoms with Crippen LogP contribution in [0.4, 0.5) is 0 Å². The SMILES string of the molecule is CNC(=O)c1sc2ccccc2c1C1CCN(S(=O)(=O)N2CCOCC2)C1. The lowest BCUT2D eigenvalue weighted by Crippen LogP contribution is -2.47. The number of ether oxygens (including phenoxy) is 1. The number of benzene rings is 1. The van der Waals surface area contributed by atoms with Crippen LogP contribution in [0.1, 0.15) is 27.6 Å². The summed E-state index contributed by atoms with van der Waals surface area (Å²) in [6.07, 6.45) is 0.717. The summed E-state index contributed by atoms with van der Waals surface area (Å²) in [5, 5.41) is 3.77. The van der Waals surface area contributed by atoms with Crippen LogP contribution in [-0.4, -0.2) is 69.4 Å². The fourth-order valence-corrected chi connectivity index (χ4v) is 6.74. The molecular weight excluding hydrogens is 386 g/mol. The molecule has 2 aliphatic heterocycles. The lowest BCUT2D eigenvalue weighted by molar-refractivity contribution is 0.0705. The van der Waals surface area contributed by atoms with E-state index in [-0.39, 0.29) is 11.8 Å². The van der Waals surface area contributed by atoms with Crippen molar-refractivity contribution in [3.05, 3.63) is 34.7 Å². The van der Waals surface area contributed by atoms with Crippen LogP contribution in [-0.2, 0) is 14.9 Å². The molecule has 1 N–H and O–H groups in total. The van der Waals surface area contributed by atoms with Crippen LogP contribution in [0.3, 0.4) is 0 Å². The Balaban J connectivity index is 1.65. The molecule has 146 valence electrons. The van der Waals surface area contributed by atoms with Gasteiger partial charge in [0, 0.05) is 43.8 Å². The van der Waals surface area contributed by atoms with E-state index in [2.05, 4.69) is 5.32 Å². The Kier molecular flexibility index (Phi) is 5.21. The van der Waals surface area contributed by atoms with Gasteiger partial charge in [-0.1, -0.05) is 18.2 Å². The average Bonchev–Trinajstić information content (AvgIpc) is 3.33. The minimum atomic E-state index is -3.49. The van der Waals surface area contributed by atoms with Crippen molar-refractivity contribution in [2.45, 2.75) is 12.3 Å². The van der Waals surface area contributed by atoms with E-state index in [1.54, 1.807) is 11.4 Å². The monoisotopic (exact) mass is 409 g/mol. The standard InChI is InChI=1S/C18H23N3O4S2/c1-19-18(22)17-16(14-4-2-3-5-15(14)26-17)13-6-7-21(12-13)27(23,24)20-8-10-25-11-9-20/h2-5,13H,6-12H2,1H3,(H,19,22). The molecule has 0 radical (unpaired) electrons. The van der Waals surface area contributed by atoms with Crippen molar-refractivity contribution >= 4 is 37.5 Å². The number of rotatable bonds is 4. The predicted octanol–water partition coefficient (Wildman–Crippen LogP) is 1.63. The minimum absolute atomic E-state index is 0.0178. The van der Waals surface area contributed by atoms with Gasteiger partial charge in [0.15, 0.2) is 0 Å². The van der Waals surface area contributed by atoms with Crippen LogP contribution in [0.15, 0.2) is 24.3 Å². The number of carbonyl (C=O) groups is 1. The molecule has 7 nitrogen and oxygen atoms in total. The van der Waals surface area contributed by atoms with E-state index in [4.69, 9.17) is 4.74 Å². The number of nitrogens with one attached hydrogen (secondary N) is 1. The first-order chi connectivity index (χ1) is 13.0. The summed E-state index contributed by atoms with van der Waals surface area (Å²) in [6, 6.07) is 7.95. The highest BCUT2D eigenvalue weighted by molar-refractivity contribution is 7.86. The lowest BCUT2D eigenvalue weighted by Gasteiger charge is -2.30. The van der Waals surface area contributed by atoms with Gasteiger partial charge in [-0.15, -0.1) is 11.3 Å². The molecule has 0 saturated carbocycles. The first-order valence-electron chi connectivity index (χ1n) is 9.09. The topological polar surface area (TPSA) is 79.0 Å². The maximum atomic E-state index is 13.0. The Hall–Kier alpha value is -1.52. The fourth-order valence-electron chi connectivity index (χ4n) is 3.87. The molecule has 1 aromatic heterocycles. The molecule has 4 rings (SSSR count). The largest absolute Gasteiger partial charge is 0.379 e. The number of morpholine rings is 1. The van der Waals surface area contributed by atoms with Crippen molar-refractivity contribution in [3.8, 4) is 0 Å². The number of carbonyl (C=O) groups excluding carboxylic acids is 1. The number of thiophene rings is 1. The zero-order valence-electron chi connectivity index (χ0n) is 15.2. The van der Waals surface area contributed by atoms with Crippen molar-refractivity contribution in [1.82, 2.24) is 13.9 Å². The second kappa shape index (κ2) is 7.48. The molecule has 9 heteroatoms. The molecule has 0 spiro atoms. The average molecular weight is 410 g/mol. The molecule has 27 heavy (non-hydrogen) atoms. The first-order valence-corrected chi connectivity index (χ1v) is 11.3. The summed E-state index contributed by atoms with van der Waals surface area (Å²) in [4.78, 5) is 13.1. The molecule has 2 fully saturated rings. The van der Waals surface area contributed by atoms with Crippen LogP contribution in [0, 0.1) is 0 Å². The molecule has 2 saturated heterocycles. The number of hydrogen-bond donors (Lipinski definition) is 1. The molecule has 2 aromatic rings. The highest BCUT2D eigenvalue weighted by Crippen LogP contribution is 2.40. The highest BCUT2D eigenvalue weighted by atomic mass is 32.2. The molecule has 0 bridgehead atoms. The zero-order valence-corrected chi connectivity index (χ0v) is 16.8. The van der Waals surface area contributed by atoms with Gasteiger partial charge < -0.3 is 10.1 Å². The lowest BCUT2D eigenvalue weighted by atomic mass is 9.95. The third-order valence-corrected chi connectivity index (χ3v) is 8.44. The number of amides is 1. The van der Waals surface area contributed by atoms with Crippen LogP contribution >= 0.6 is 11.3 Å². The van der Waals surface area contributed by atoms with E-state index in [1.165, 1.54) is 15.6 Å². The molecule has 1 aromatic carbocycles. The van der Waals surface area contributed by atoms with E-state index < -0.39 is 10.2 Å². The van der Waals surface area contributed by atoms with E-state index in [9.17, 15) is 13.2 Å². The van der Waals surface area contributed by atoms with Crippen molar-refractivity contribution < 1.29 is 17.9 Å². The molecule has 1 unspecified atom stereocenters. The van der Waals surface area contributed by atoms with Crippen LogP contribution in [0.25, 0.3) is 10.1 Å². The van der Waals surface area contributed by atoms with E-state index in [1.807, 2.05) is 24.3 Å². The van der Waals surface area contributed by atoms with Crippen molar-refractivity contribution in [1.29, 1.82) is 0 Å². The summed E-state index contributed by atoms with van der Waals surface area (Å²) in [5.74, 6) is -0.0926.